The molecule has 24 heteroatoms. The molecule has 0 amide bonds. The van der Waals surface area contributed by atoms with Gasteiger partial charge in [0.25, 0.3) is 5.56 Å². The van der Waals surface area contributed by atoms with Gasteiger partial charge in [-0.15, -0.1) is 0 Å². The van der Waals surface area contributed by atoms with Crippen molar-refractivity contribution >= 4 is 27.9 Å². The predicted octanol–water partition coefficient (Wildman–Crippen LogP) is -6.95. The van der Waals surface area contributed by atoms with E-state index in [2.05, 4.69) is 4.31 Å². The third-order valence-corrected chi connectivity index (χ3v) is 5.97. The number of aromatic nitrogens is 2. The number of aliphatic hydroxyl groups is 7. The lowest BCUT2D eigenvalue weighted by Gasteiger charge is -2.21. The van der Waals surface area contributed by atoms with Gasteiger partial charge in [-0.25, -0.2) is 18.7 Å². The number of aliphatic carboxylic acids is 1. The van der Waals surface area contributed by atoms with Crippen LogP contribution in [0.3, 0.4) is 0 Å². The minimum absolute atomic E-state index is 0.0809. The number of carbonyl (C=O) groups excluding carboxylic acids is 1. The molecule has 1 saturated heterocycles. The van der Waals surface area contributed by atoms with Crippen LogP contribution in [0.15, 0.2) is 21.9 Å². The Morgan fingerprint density at radius 3 is 1.90 bits per heavy atom. The number of carboxylic acids is 1. The fourth-order valence-electron chi connectivity index (χ4n) is 2.49. The third kappa shape index (κ3) is 12.7. The third-order valence-electron chi connectivity index (χ3n) is 4.27. The molecule has 226 valence electrons. The minimum Gasteiger partial charge on any atom is -0.479 e. The van der Waals surface area contributed by atoms with Crippen LogP contribution in [-0.4, -0.2) is 132 Å². The van der Waals surface area contributed by atoms with Gasteiger partial charge in [0.1, 0.15) is 36.6 Å². The number of H-pyrrole nitrogens is 1. The molecule has 0 saturated carbocycles. The Hall–Kier alpha value is -2.24. The van der Waals surface area contributed by atoms with E-state index in [4.69, 9.17) is 54.9 Å². The van der Waals surface area contributed by atoms with Crippen molar-refractivity contribution in [2.45, 2.75) is 49.0 Å². The van der Waals surface area contributed by atoms with Crippen molar-refractivity contribution in [3.8, 4) is 0 Å². The molecule has 8 atom stereocenters. The maximum atomic E-state index is 11.4. The summed E-state index contributed by atoms with van der Waals surface area (Å²) in [7, 11) is -10.1. The highest BCUT2D eigenvalue weighted by Crippen LogP contribution is 2.53. The lowest BCUT2D eigenvalue weighted by molar-refractivity contribution is -0.163. The van der Waals surface area contributed by atoms with Gasteiger partial charge in [0.15, 0.2) is 18.6 Å². The zero-order valence-electron chi connectivity index (χ0n) is 19.0. The average molecular weight is 616 g/mol. The second-order valence-corrected chi connectivity index (χ2v) is 9.82. The van der Waals surface area contributed by atoms with E-state index in [0.29, 0.717) is 0 Å². The number of phosphoric acid groups is 2. The molecule has 1 aliphatic heterocycles. The Balaban J connectivity index is 0.000000588. The Labute approximate surface area is 215 Å². The van der Waals surface area contributed by atoms with Crippen molar-refractivity contribution in [2.75, 3.05) is 6.61 Å². The topological polar surface area (TPSA) is 384 Å². The largest absolute Gasteiger partial charge is 0.479 e. The zero-order chi connectivity index (χ0) is 30.9. The van der Waals surface area contributed by atoms with Crippen LogP contribution in [0, 0.1) is 0 Å². The Morgan fingerprint density at radius 2 is 1.56 bits per heavy atom. The smallest absolute Gasteiger partial charge is 0.478 e. The van der Waals surface area contributed by atoms with Gasteiger partial charge in [0.05, 0.1) is 6.61 Å². The van der Waals surface area contributed by atoms with E-state index < -0.39 is 88.4 Å². The van der Waals surface area contributed by atoms with Gasteiger partial charge >= 0.3 is 27.3 Å². The highest BCUT2D eigenvalue weighted by atomic mass is 31.3. The Bertz CT molecular complexity index is 1120. The van der Waals surface area contributed by atoms with E-state index in [-0.39, 0.29) is 6.29 Å². The van der Waals surface area contributed by atoms with Crippen molar-refractivity contribution in [1.29, 1.82) is 0 Å². The number of aliphatic hydroxyl groups excluding tert-OH is 7. The van der Waals surface area contributed by atoms with Crippen LogP contribution in [0.5, 0.6) is 0 Å². The van der Waals surface area contributed by atoms with Crippen LogP contribution in [-0.2, 0) is 27.8 Å². The molecule has 0 radical (unpaired) electrons. The summed E-state index contributed by atoms with van der Waals surface area (Å²) in [5.74, 6) is -1.76. The van der Waals surface area contributed by atoms with E-state index in [1.54, 1.807) is 0 Å². The van der Waals surface area contributed by atoms with E-state index in [0.717, 1.165) is 16.8 Å². The number of aromatic amines is 1. The first kappa shape index (κ1) is 36.8. The monoisotopic (exact) mass is 616 g/mol. The van der Waals surface area contributed by atoms with Crippen LogP contribution >= 0.6 is 15.6 Å². The summed E-state index contributed by atoms with van der Waals surface area (Å²) >= 11 is 0. The number of carboxylic acid groups (broad SMARTS) is 1. The SMILES string of the molecule is O=C[C@H](O)[C@@H](O)[C@H](O)[C@H](O)C(=O)O.O=P(O)(O)OP(=O)(O)O.O=c1ccn([C@@H]2O[C@H](CO)[C@@H](O)[C@H]2O)c(=O)[nH]1. The fourth-order valence-corrected chi connectivity index (χ4v) is 3.60. The second-order valence-electron chi connectivity index (χ2n) is 7.20. The second kappa shape index (κ2) is 15.5. The van der Waals surface area contributed by atoms with E-state index in [9.17, 15) is 38.5 Å². The summed E-state index contributed by atoms with van der Waals surface area (Å²) in [6.45, 7) is -0.479. The van der Waals surface area contributed by atoms with Crippen molar-refractivity contribution in [3.63, 3.8) is 0 Å². The molecule has 0 unspecified atom stereocenters. The standard InChI is InChI=1S/C9H12N2O6.C6H10O7.H4O7P2/c12-3-4-6(14)7(15)8(17-4)11-2-1-5(13)10-9(11)16;7-1-2(8)3(9)4(10)5(11)6(12)13;1-8(2,3)7-9(4,5)6/h1-2,4,6-8,12,14-15H,3H2,(H,10,13,16);1-5,8-11H,(H,12,13);(H2,1,2,3)(H2,4,5,6)/t4-,6-,7-,8-;2-,3+,4-,5-;/m10./s1. The van der Waals surface area contributed by atoms with Crippen LogP contribution in [0.1, 0.15) is 6.23 Å². The summed E-state index contributed by atoms with van der Waals surface area (Å²) in [5.41, 5.74) is -1.33. The molecule has 0 bridgehead atoms. The maximum Gasteiger partial charge on any atom is 0.478 e. The van der Waals surface area contributed by atoms with Crippen LogP contribution in [0.2, 0.25) is 0 Å². The molecule has 13 N–H and O–H groups in total. The molecular weight excluding hydrogens is 590 g/mol. The number of carbonyl (C=O) groups is 2. The summed E-state index contributed by atoms with van der Waals surface area (Å²) in [6, 6.07) is 1.09. The van der Waals surface area contributed by atoms with Crippen molar-refractivity contribution in [2.24, 2.45) is 0 Å². The summed E-state index contributed by atoms with van der Waals surface area (Å²) < 4.78 is 28.3. The Kier molecular flexibility index (Phi) is 14.6. The first-order valence-corrected chi connectivity index (χ1v) is 12.9. The maximum absolute atomic E-state index is 11.4. The molecule has 0 aliphatic carbocycles. The van der Waals surface area contributed by atoms with E-state index in [1.165, 1.54) is 0 Å². The molecule has 1 aromatic heterocycles. The lowest BCUT2D eigenvalue weighted by Crippen LogP contribution is -2.48. The lowest BCUT2D eigenvalue weighted by atomic mass is 10.0. The van der Waals surface area contributed by atoms with Gasteiger partial charge in [-0.2, -0.15) is 4.31 Å². The fraction of sp³-hybridized carbons (Fsp3) is 0.600. The zero-order valence-corrected chi connectivity index (χ0v) is 20.8. The highest BCUT2D eigenvalue weighted by molar-refractivity contribution is 7.60. The average Bonchev–Trinajstić information content (AvgIpc) is 3.09. The Morgan fingerprint density at radius 1 is 1.05 bits per heavy atom. The van der Waals surface area contributed by atoms with Gasteiger partial charge in [-0.1, -0.05) is 0 Å². The van der Waals surface area contributed by atoms with Gasteiger partial charge in [0.2, 0.25) is 0 Å². The number of hydrogen-bond donors (Lipinski definition) is 13. The normalized spacial score (nSPS) is 24.2. The molecule has 2 rings (SSSR count). The molecule has 22 nitrogen and oxygen atoms in total. The molecule has 0 spiro atoms. The van der Waals surface area contributed by atoms with Crippen LogP contribution in [0.25, 0.3) is 0 Å². The molecule has 1 aliphatic rings. The molecular formula is C15H26N2O20P2. The number of ether oxygens (including phenoxy) is 1. The predicted molar refractivity (Wildman–Crippen MR) is 117 cm³/mol. The summed E-state index contributed by atoms with van der Waals surface area (Å²) in [6.07, 6.45) is -12.0. The van der Waals surface area contributed by atoms with Gasteiger partial charge in [-0.05, 0) is 0 Å². The first-order valence-electron chi connectivity index (χ1n) is 9.83. The molecule has 1 fully saturated rings. The van der Waals surface area contributed by atoms with Gasteiger partial charge in [0, 0.05) is 12.3 Å². The van der Waals surface area contributed by atoms with Gasteiger partial charge in [-0.3, -0.25) is 14.3 Å². The quantitative estimate of drug-likeness (QED) is 0.0905. The van der Waals surface area contributed by atoms with Crippen molar-refractivity contribution in [3.05, 3.63) is 33.1 Å². The van der Waals surface area contributed by atoms with Crippen LogP contribution < -0.4 is 11.2 Å². The number of aldehydes is 1. The molecule has 39 heavy (non-hydrogen) atoms. The number of nitrogens with one attached hydrogen (secondary N) is 1. The van der Waals surface area contributed by atoms with Gasteiger partial charge < -0.3 is 70.0 Å². The number of nitrogens with zero attached hydrogens (tertiary/aromatic N) is 1. The van der Waals surface area contributed by atoms with E-state index in [1.807, 2.05) is 4.98 Å². The molecule has 1 aromatic rings. The van der Waals surface area contributed by atoms with Crippen molar-refractivity contribution < 1.29 is 88.2 Å². The van der Waals surface area contributed by atoms with E-state index >= 15 is 0 Å². The minimum atomic E-state index is -5.05. The number of rotatable bonds is 9. The summed E-state index contributed by atoms with van der Waals surface area (Å²) in [4.78, 5) is 75.3. The van der Waals surface area contributed by atoms with Crippen LogP contribution in [0.4, 0.5) is 0 Å². The van der Waals surface area contributed by atoms with Crippen molar-refractivity contribution in [1.82, 2.24) is 9.55 Å². The highest BCUT2D eigenvalue weighted by Gasteiger charge is 2.43. The molecule has 2 heterocycles. The first-order chi connectivity index (χ1) is 17.7. The number of hydrogen-bond acceptors (Lipinski definition) is 15. The molecule has 0 aromatic carbocycles. The summed E-state index contributed by atoms with van der Waals surface area (Å²) in [5, 5.41) is 71.3.